The first-order valence-corrected chi connectivity index (χ1v) is 12.5. The lowest BCUT2D eigenvalue weighted by molar-refractivity contribution is -0.307. The number of hydrogen-bond donors (Lipinski definition) is 3. The van der Waals surface area contributed by atoms with E-state index in [1.54, 1.807) is 12.1 Å². The number of imidazole rings is 1. The molecule has 1 aliphatic rings. The van der Waals surface area contributed by atoms with E-state index in [2.05, 4.69) is 5.32 Å². The number of carbonyl (C=O) groups excluding carboxylic acids is 2. The summed E-state index contributed by atoms with van der Waals surface area (Å²) >= 11 is 0. The van der Waals surface area contributed by atoms with E-state index in [9.17, 15) is 29.3 Å². The smallest absolute Gasteiger partial charge is 0.272 e. The monoisotopic (exact) mass is 508 g/mol. The molecule has 8 nitrogen and oxygen atoms in total. The molecule has 3 N–H and O–H groups in total. The van der Waals surface area contributed by atoms with Gasteiger partial charge >= 0.3 is 0 Å². The Balaban J connectivity index is 1.60. The number of rotatable bonds is 12. The summed E-state index contributed by atoms with van der Waals surface area (Å²) in [5.74, 6) is -1.45. The molecule has 0 spiro atoms. The maximum absolute atomic E-state index is 13.6. The minimum Gasteiger partial charge on any atom is -0.550 e. The molecule has 1 fully saturated rings. The molecule has 3 aromatic rings. The number of carboxylic acid groups (broad SMARTS) is 1. The lowest BCUT2D eigenvalue weighted by Crippen LogP contribution is -2.29. The van der Waals surface area contributed by atoms with Gasteiger partial charge in [0.1, 0.15) is 17.3 Å². The standard InChI is InChI=1S/C28H32FN3O5/c1-17-3-2-4-18(13-17)16-30-28(37)25-26(19-5-6-19)32(12-11-22(33)14-23(34)15-24(35)36)27(31-25)20-7-9-21(29)10-8-20/h2-4,7-10,13,19,22-23,33-34H,5-6,11-12,14-16H2,1H3,(H,30,37)(H,35,36)/p-1/t22-,23-/m1/s1. The van der Waals surface area contributed by atoms with Crippen LogP contribution in [0.1, 0.15) is 65.3 Å². The second kappa shape index (κ2) is 11.7. The number of aryl methyl sites for hydroxylation is 1. The van der Waals surface area contributed by atoms with Crippen LogP contribution in [0.15, 0.2) is 48.5 Å². The van der Waals surface area contributed by atoms with Crippen molar-refractivity contribution < 1.29 is 29.3 Å². The van der Waals surface area contributed by atoms with Crippen LogP contribution >= 0.6 is 0 Å². The molecule has 1 amide bonds. The highest BCUT2D eigenvalue weighted by Gasteiger charge is 2.35. The van der Waals surface area contributed by atoms with Crippen LogP contribution in [-0.2, 0) is 17.9 Å². The van der Waals surface area contributed by atoms with E-state index in [1.807, 2.05) is 35.8 Å². The Kier molecular flexibility index (Phi) is 8.35. The van der Waals surface area contributed by atoms with Gasteiger partial charge < -0.3 is 30.0 Å². The number of aliphatic carboxylic acids is 1. The fourth-order valence-corrected chi connectivity index (χ4v) is 4.52. The second-order valence-electron chi connectivity index (χ2n) is 9.68. The summed E-state index contributed by atoms with van der Waals surface area (Å²) in [6, 6.07) is 13.7. The summed E-state index contributed by atoms with van der Waals surface area (Å²) < 4.78 is 15.5. The molecule has 4 rings (SSSR count). The Morgan fingerprint density at radius 3 is 2.54 bits per heavy atom. The summed E-state index contributed by atoms with van der Waals surface area (Å²) in [5, 5.41) is 34.0. The molecule has 196 valence electrons. The number of hydrogen-bond acceptors (Lipinski definition) is 6. The van der Waals surface area contributed by atoms with E-state index in [1.165, 1.54) is 12.1 Å². The van der Waals surface area contributed by atoms with Gasteiger partial charge in [-0.15, -0.1) is 0 Å². The van der Waals surface area contributed by atoms with Crippen LogP contribution in [0.2, 0.25) is 0 Å². The van der Waals surface area contributed by atoms with Gasteiger partial charge in [-0.05, 0) is 62.4 Å². The molecule has 0 saturated heterocycles. The number of nitrogens with zero attached hydrogens (tertiary/aromatic N) is 2. The normalized spacial score (nSPS) is 14.8. The van der Waals surface area contributed by atoms with Gasteiger partial charge in [-0.1, -0.05) is 29.8 Å². The van der Waals surface area contributed by atoms with Crippen LogP contribution in [0.5, 0.6) is 0 Å². The van der Waals surface area contributed by atoms with Crippen molar-refractivity contribution in [3.63, 3.8) is 0 Å². The fraction of sp³-hybridized carbons (Fsp3) is 0.393. The molecule has 1 aromatic heterocycles. The van der Waals surface area contributed by atoms with E-state index in [4.69, 9.17) is 4.98 Å². The maximum atomic E-state index is 13.6. The van der Waals surface area contributed by atoms with E-state index >= 15 is 0 Å². The molecule has 0 radical (unpaired) electrons. The SMILES string of the molecule is Cc1cccc(CNC(=O)c2nc(-c3ccc(F)cc3)n(CC[C@@H](O)C[C@@H](O)CC(=O)[O-])c2C2CC2)c1. The van der Waals surface area contributed by atoms with E-state index in [0.717, 1.165) is 29.7 Å². The van der Waals surface area contributed by atoms with Crippen LogP contribution in [-0.4, -0.2) is 43.8 Å². The Hall–Kier alpha value is -3.56. The highest BCUT2D eigenvalue weighted by Crippen LogP contribution is 2.43. The Labute approximate surface area is 214 Å². The van der Waals surface area contributed by atoms with Gasteiger partial charge in [0.05, 0.1) is 17.9 Å². The average Bonchev–Trinajstić information content (AvgIpc) is 3.61. The number of amides is 1. The van der Waals surface area contributed by atoms with Gasteiger partial charge in [-0.3, -0.25) is 4.79 Å². The van der Waals surface area contributed by atoms with E-state index < -0.39 is 30.4 Å². The summed E-state index contributed by atoms with van der Waals surface area (Å²) in [6.45, 7) is 2.62. The zero-order valence-corrected chi connectivity index (χ0v) is 20.7. The van der Waals surface area contributed by atoms with E-state index in [0.29, 0.717) is 23.6 Å². The molecule has 0 bridgehead atoms. The van der Waals surface area contributed by atoms with Crippen molar-refractivity contribution in [1.29, 1.82) is 0 Å². The molecular formula is C28H31FN3O5-. The molecule has 0 unspecified atom stereocenters. The van der Waals surface area contributed by atoms with Gasteiger partial charge in [0.25, 0.3) is 5.91 Å². The molecule has 0 aliphatic heterocycles. The lowest BCUT2D eigenvalue weighted by Gasteiger charge is -2.18. The number of aliphatic hydroxyl groups is 2. The third-order valence-corrected chi connectivity index (χ3v) is 6.46. The highest BCUT2D eigenvalue weighted by molar-refractivity contribution is 5.94. The number of benzene rings is 2. The van der Waals surface area contributed by atoms with Crippen LogP contribution in [0.25, 0.3) is 11.4 Å². The van der Waals surface area contributed by atoms with Crippen molar-refractivity contribution in [1.82, 2.24) is 14.9 Å². The number of aliphatic hydroxyl groups excluding tert-OH is 2. The highest BCUT2D eigenvalue weighted by atomic mass is 19.1. The molecule has 1 aliphatic carbocycles. The fourth-order valence-electron chi connectivity index (χ4n) is 4.52. The summed E-state index contributed by atoms with van der Waals surface area (Å²) in [7, 11) is 0. The summed E-state index contributed by atoms with van der Waals surface area (Å²) in [4.78, 5) is 28.7. The first-order chi connectivity index (χ1) is 17.7. The maximum Gasteiger partial charge on any atom is 0.272 e. The third-order valence-electron chi connectivity index (χ3n) is 6.46. The number of carbonyl (C=O) groups is 2. The minimum absolute atomic E-state index is 0.114. The first kappa shape index (κ1) is 26.5. The predicted octanol–water partition coefficient (Wildman–Crippen LogP) is 2.45. The molecule has 1 heterocycles. The predicted molar refractivity (Wildman–Crippen MR) is 133 cm³/mol. The molecule has 9 heteroatoms. The zero-order valence-electron chi connectivity index (χ0n) is 20.7. The molecule has 2 atom stereocenters. The van der Waals surface area contributed by atoms with Gasteiger partial charge in [-0.2, -0.15) is 0 Å². The average molecular weight is 509 g/mol. The largest absolute Gasteiger partial charge is 0.550 e. The Morgan fingerprint density at radius 2 is 1.89 bits per heavy atom. The number of aromatic nitrogens is 2. The van der Waals surface area contributed by atoms with Crippen LogP contribution < -0.4 is 10.4 Å². The Morgan fingerprint density at radius 1 is 1.16 bits per heavy atom. The lowest BCUT2D eigenvalue weighted by atomic mass is 10.1. The van der Waals surface area contributed by atoms with Gasteiger partial charge in [0, 0.05) is 37.0 Å². The minimum atomic E-state index is -1.38. The van der Waals surface area contributed by atoms with Gasteiger partial charge in [0.2, 0.25) is 0 Å². The van der Waals surface area contributed by atoms with Gasteiger partial charge in [-0.25, -0.2) is 9.37 Å². The van der Waals surface area contributed by atoms with E-state index in [-0.39, 0.29) is 31.2 Å². The van der Waals surface area contributed by atoms with Crippen LogP contribution in [0.3, 0.4) is 0 Å². The second-order valence-corrected chi connectivity index (χ2v) is 9.68. The summed E-state index contributed by atoms with van der Waals surface area (Å²) in [6.07, 6.45) is -0.843. The van der Waals surface area contributed by atoms with Crippen molar-refractivity contribution in [2.45, 2.75) is 70.2 Å². The summed E-state index contributed by atoms with van der Waals surface area (Å²) in [5.41, 5.74) is 3.77. The quantitative estimate of drug-likeness (QED) is 0.345. The first-order valence-electron chi connectivity index (χ1n) is 12.5. The molecule has 1 saturated carbocycles. The van der Waals surface area contributed by atoms with Crippen molar-refractivity contribution in [3.05, 3.63) is 76.9 Å². The molecule has 37 heavy (non-hydrogen) atoms. The topological polar surface area (TPSA) is 128 Å². The molecule has 2 aromatic carbocycles. The van der Waals surface area contributed by atoms with Crippen molar-refractivity contribution >= 4 is 11.9 Å². The Bertz CT molecular complexity index is 1250. The molecular weight excluding hydrogens is 477 g/mol. The number of nitrogens with one attached hydrogen (secondary N) is 1. The van der Waals surface area contributed by atoms with Crippen molar-refractivity contribution in [2.24, 2.45) is 0 Å². The third kappa shape index (κ3) is 7.02. The number of carboxylic acids is 1. The van der Waals surface area contributed by atoms with Crippen molar-refractivity contribution in [2.75, 3.05) is 0 Å². The van der Waals surface area contributed by atoms with Crippen LogP contribution in [0, 0.1) is 12.7 Å². The van der Waals surface area contributed by atoms with Gasteiger partial charge in [0.15, 0.2) is 0 Å². The number of halogens is 1. The van der Waals surface area contributed by atoms with Crippen LogP contribution in [0.4, 0.5) is 4.39 Å². The zero-order chi connectivity index (χ0) is 26.5. The van der Waals surface area contributed by atoms with Crippen molar-refractivity contribution in [3.8, 4) is 11.4 Å².